The van der Waals surface area contributed by atoms with E-state index in [1.54, 1.807) is 18.2 Å². The Morgan fingerprint density at radius 1 is 0.800 bits per heavy atom. The summed E-state index contributed by atoms with van der Waals surface area (Å²) < 4.78 is 11.8. The monoisotopic (exact) mass is 591 g/mol. The van der Waals surface area contributed by atoms with Crippen molar-refractivity contribution in [3.05, 3.63) is 119 Å². The molecule has 0 aromatic heterocycles. The summed E-state index contributed by atoms with van der Waals surface area (Å²) in [6.45, 7) is 1.75. The molecule has 0 aliphatic rings. The summed E-state index contributed by atoms with van der Waals surface area (Å²) >= 11 is 0. The normalized spacial score (nSPS) is 10.0. The maximum Gasteiger partial charge on any atom is 0.300 e. The number of phenolic OH excluding ortho intramolecular Hbond substituents is 2. The van der Waals surface area contributed by atoms with Gasteiger partial charge in [-0.3, -0.25) is 9.59 Å². The molecular formula is C30H28CuN2O7. The van der Waals surface area contributed by atoms with Crippen LogP contribution in [0.5, 0.6) is 23.0 Å². The van der Waals surface area contributed by atoms with Crippen LogP contribution in [0.25, 0.3) is 0 Å². The molecule has 10 heteroatoms. The molecule has 0 heterocycles. The summed E-state index contributed by atoms with van der Waals surface area (Å²) in [5.74, 6) is -0.585. The van der Waals surface area contributed by atoms with Crippen molar-refractivity contribution in [1.82, 2.24) is 5.43 Å². The molecule has 0 bridgehead atoms. The Balaban J connectivity index is 0.00000105. The van der Waals surface area contributed by atoms with Gasteiger partial charge in [-0.2, -0.15) is 5.10 Å². The number of aliphatic carboxylic acids is 1. The quantitative estimate of drug-likeness (QED) is 0.121. The van der Waals surface area contributed by atoms with Gasteiger partial charge in [0.05, 0.1) is 6.21 Å². The Labute approximate surface area is 242 Å². The van der Waals surface area contributed by atoms with E-state index in [1.807, 2.05) is 60.7 Å². The summed E-state index contributed by atoms with van der Waals surface area (Å²) in [4.78, 5) is 21.8. The molecule has 4 aromatic carbocycles. The fraction of sp³-hybridized carbons (Fsp3) is 0.100. The molecule has 0 saturated carbocycles. The summed E-state index contributed by atoms with van der Waals surface area (Å²) in [5.41, 5.74) is 5.06. The van der Waals surface area contributed by atoms with Gasteiger partial charge in [0.25, 0.3) is 11.9 Å². The van der Waals surface area contributed by atoms with Crippen LogP contribution in [0.3, 0.4) is 0 Å². The van der Waals surface area contributed by atoms with Crippen LogP contribution in [-0.2, 0) is 35.1 Å². The molecule has 40 heavy (non-hydrogen) atoms. The van der Waals surface area contributed by atoms with E-state index in [4.69, 9.17) is 19.4 Å². The molecule has 0 atom stereocenters. The van der Waals surface area contributed by atoms with Crippen molar-refractivity contribution in [3.8, 4) is 23.0 Å². The smallest absolute Gasteiger partial charge is 0.300 e. The van der Waals surface area contributed by atoms with E-state index in [2.05, 4.69) is 10.5 Å². The number of hydrogen-bond acceptors (Lipinski definition) is 7. The Bertz CT molecular complexity index is 1350. The molecular weight excluding hydrogens is 564 g/mol. The maximum atomic E-state index is 12.8. The second kappa shape index (κ2) is 16.2. The predicted molar refractivity (Wildman–Crippen MR) is 146 cm³/mol. The Kier molecular flexibility index (Phi) is 12.8. The van der Waals surface area contributed by atoms with Crippen LogP contribution in [0.4, 0.5) is 0 Å². The summed E-state index contributed by atoms with van der Waals surface area (Å²) in [7, 11) is 0. The van der Waals surface area contributed by atoms with Crippen molar-refractivity contribution in [2.75, 3.05) is 0 Å². The number of carboxylic acid groups (broad SMARTS) is 1. The number of hydrogen-bond donors (Lipinski definition) is 4. The van der Waals surface area contributed by atoms with Gasteiger partial charge >= 0.3 is 0 Å². The molecule has 0 fully saturated rings. The fourth-order valence-electron chi connectivity index (χ4n) is 3.22. The van der Waals surface area contributed by atoms with Crippen molar-refractivity contribution >= 4 is 18.1 Å². The van der Waals surface area contributed by atoms with Crippen molar-refractivity contribution in [1.29, 1.82) is 0 Å². The summed E-state index contributed by atoms with van der Waals surface area (Å²) in [5, 5.41) is 30.6. The van der Waals surface area contributed by atoms with Crippen molar-refractivity contribution in [2.24, 2.45) is 5.10 Å². The first kappa shape index (κ1) is 31.4. The first-order valence-electron chi connectivity index (χ1n) is 11.8. The van der Waals surface area contributed by atoms with Gasteiger partial charge < -0.3 is 24.8 Å². The Hall–Kier alpha value is -4.79. The molecule has 211 valence electrons. The molecule has 0 aliphatic carbocycles. The number of nitrogens with zero attached hydrogens (tertiary/aromatic N) is 1. The number of aromatic hydroxyl groups is 2. The molecule has 1 amide bonds. The van der Waals surface area contributed by atoms with E-state index in [-0.39, 0.29) is 28.6 Å². The van der Waals surface area contributed by atoms with Crippen molar-refractivity contribution in [3.63, 3.8) is 0 Å². The molecule has 1 radical (unpaired) electrons. The third-order valence-electron chi connectivity index (χ3n) is 5.02. The zero-order valence-corrected chi connectivity index (χ0v) is 22.4. The molecule has 9 nitrogen and oxygen atoms in total. The average molecular weight is 592 g/mol. The minimum atomic E-state index is -0.833. The first-order chi connectivity index (χ1) is 18.8. The van der Waals surface area contributed by atoms with Crippen LogP contribution in [0.2, 0.25) is 0 Å². The molecule has 0 aliphatic heterocycles. The third-order valence-corrected chi connectivity index (χ3v) is 5.02. The van der Waals surface area contributed by atoms with Crippen LogP contribution < -0.4 is 14.9 Å². The fourth-order valence-corrected chi connectivity index (χ4v) is 3.22. The largest absolute Gasteiger partial charge is 0.508 e. The van der Waals surface area contributed by atoms with Crippen LogP contribution in [0.1, 0.15) is 34.0 Å². The van der Waals surface area contributed by atoms with Gasteiger partial charge in [-0.1, -0.05) is 60.7 Å². The molecule has 4 aromatic rings. The molecule has 4 N–H and O–H groups in total. The van der Waals surface area contributed by atoms with Gasteiger partial charge in [0.15, 0.2) is 0 Å². The third kappa shape index (κ3) is 10.9. The van der Waals surface area contributed by atoms with Gasteiger partial charge in [-0.25, -0.2) is 5.43 Å². The average Bonchev–Trinajstić information content (AvgIpc) is 2.92. The maximum absolute atomic E-state index is 12.8. The van der Waals surface area contributed by atoms with E-state index < -0.39 is 11.9 Å². The standard InChI is InChI=1S/C28H24N2O5.C2H4O2.Cu/c31-24-12-11-22(27(32)15-24)17-29-30-28(33)23-13-25(34-18-20-7-3-1-4-8-20)16-26(14-23)35-19-21-9-5-2-6-10-21;1-2(3)4;/h1-17,31-32H,18-19H2,(H,30,33);1H3,(H,3,4);/b29-17+;;. The van der Waals surface area contributed by atoms with Crippen LogP contribution >= 0.6 is 0 Å². The number of rotatable bonds is 9. The number of hydrazone groups is 1. The summed E-state index contributed by atoms with van der Waals surface area (Å²) in [6, 6.07) is 28.5. The molecule has 0 saturated heterocycles. The first-order valence-corrected chi connectivity index (χ1v) is 11.8. The number of ether oxygens (including phenoxy) is 2. The topological polar surface area (TPSA) is 138 Å². The Morgan fingerprint density at radius 3 is 1.77 bits per heavy atom. The van der Waals surface area contributed by atoms with Crippen LogP contribution in [0.15, 0.2) is 102 Å². The van der Waals surface area contributed by atoms with Crippen molar-refractivity contribution < 1.29 is 51.5 Å². The second-order valence-corrected chi connectivity index (χ2v) is 8.20. The van der Waals surface area contributed by atoms with E-state index >= 15 is 0 Å². The summed E-state index contributed by atoms with van der Waals surface area (Å²) in [6.07, 6.45) is 1.29. The van der Waals surface area contributed by atoms with E-state index in [1.165, 1.54) is 24.4 Å². The minimum Gasteiger partial charge on any atom is -0.508 e. The van der Waals surface area contributed by atoms with Gasteiger partial charge in [0, 0.05) is 47.3 Å². The zero-order valence-electron chi connectivity index (χ0n) is 21.5. The molecule has 4 rings (SSSR count). The SMILES string of the molecule is CC(=O)O.O=C(N/N=C/c1ccc(O)cc1O)c1cc(OCc2ccccc2)cc(OCc2ccccc2)c1.[Cu]. The molecule has 0 unspecified atom stereocenters. The number of carboxylic acids is 1. The van der Waals surface area contributed by atoms with Gasteiger partial charge in [0.1, 0.15) is 36.2 Å². The van der Waals surface area contributed by atoms with E-state index in [0.717, 1.165) is 18.1 Å². The minimum absolute atomic E-state index is 0. The van der Waals surface area contributed by atoms with Crippen LogP contribution in [-0.4, -0.2) is 33.4 Å². The second-order valence-electron chi connectivity index (χ2n) is 8.20. The number of phenols is 2. The number of carbonyl (C=O) groups excluding carboxylic acids is 1. The van der Waals surface area contributed by atoms with Gasteiger partial charge in [-0.05, 0) is 35.4 Å². The zero-order chi connectivity index (χ0) is 28.0. The predicted octanol–water partition coefficient (Wildman–Crippen LogP) is 5.11. The van der Waals surface area contributed by atoms with E-state index in [9.17, 15) is 15.0 Å². The Morgan fingerprint density at radius 2 is 1.30 bits per heavy atom. The molecule has 0 spiro atoms. The van der Waals surface area contributed by atoms with Crippen molar-refractivity contribution in [2.45, 2.75) is 20.1 Å². The number of nitrogens with one attached hydrogen (secondary N) is 1. The number of benzene rings is 4. The van der Waals surface area contributed by atoms with E-state index in [0.29, 0.717) is 35.8 Å². The van der Waals surface area contributed by atoms with Crippen LogP contribution in [0, 0.1) is 0 Å². The number of carbonyl (C=O) groups is 2. The van der Waals surface area contributed by atoms with Gasteiger partial charge in [0.2, 0.25) is 0 Å². The number of amides is 1. The van der Waals surface area contributed by atoms with Gasteiger partial charge in [-0.15, -0.1) is 0 Å².